The first-order chi connectivity index (χ1) is 15.0. The number of amides is 1. The number of carbonyl (C=O) groups excluding carboxylic acids is 1. The zero-order valence-corrected chi connectivity index (χ0v) is 23.0. The van der Waals surface area contributed by atoms with Gasteiger partial charge in [-0.3, -0.25) is 14.7 Å². The molecular formula is C25H44IN5O. The summed E-state index contributed by atoms with van der Waals surface area (Å²) in [6.45, 7) is 11.6. The van der Waals surface area contributed by atoms with Crippen molar-refractivity contribution in [1.29, 1.82) is 0 Å². The molecule has 1 amide bonds. The van der Waals surface area contributed by atoms with Crippen LogP contribution < -0.4 is 10.6 Å². The molecule has 2 rings (SSSR count). The molecule has 0 radical (unpaired) electrons. The van der Waals surface area contributed by atoms with Gasteiger partial charge in [0.2, 0.25) is 0 Å². The van der Waals surface area contributed by atoms with Crippen LogP contribution in [0.1, 0.15) is 62.4 Å². The molecule has 1 atom stereocenters. The number of guanidine groups is 1. The molecule has 1 heterocycles. The van der Waals surface area contributed by atoms with Crippen molar-refractivity contribution in [1.82, 2.24) is 20.4 Å². The number of benzene rings is 1. The minimum absolute atomic E-state index is 0. The van der Waals surface area contributed by atoms with Crippen molar-refractivity contribution >= 4 is 35.8 Å². The summed E-state index contributed by atoms with van der Waals surface area (Å²) < 4.78 is 0. The Morgan fingerprint density at radius 2 is 1.81 bits per heavy atom. The topological polar surface area (TPSA) is 60.0 Å². The van der Waals surface area contributed by atoms with E-state index < -0.39 is 0 Å². The fourth-order valence-corrected chi connectivity index (χ4v) is 4.44. The molecule has 1 aromatic carbocycles. The Balaban J connectivity index is 0.00000512. The van der Waals surface area contributed by atoms with Crippen LogP contribution in [0.15, 0.2) is 29.3 Å². The predicted octanol–water partition coefficient (Wildman–Crippen LogP) is 4.00. The fraction of sp³-hybridized carbons (Fsp3) is 0.680. The van der Waals surface area contributed by atoms with Crippen LogP contribution in [0.2, 0.25) is 0 Å². The molecule has 32 heavy (non-hydrogen) atoms. The number of aliphatic imine (C=N–C) groups is 1. The van der Waals surface area contributed by atoms with Crippen molar-refractivity contribution in [3.05, 3.63) is 35.4 Å². The molecule has 6 nitrogen and oxygen atoms in total. The zero-order valence-electron chi connectivity index (χ0n) is 20.7. The first-order valence-electron chi connectivity index (χ1n) is 12.1. The van der Waals surface area contributed by atoms with Crippen LogP contribution >= 0.6 is 24.0 Å². The van der Waals surface area contributed by atoms with Gasteiger partial charge in [0, 0.05) is 38.8 Å². The van der Waals surface area contributed by atoms with Crippen molar-refractivity contribution in [2.45, 2.75) is 58.9 Å². The number of carbonyl (C=O) groups is 1. The second-order valence-electron chi connectivity index (χ2n) is 8.68. The summed E-state index contributed by atoms with van der Waals surface area (Å²) in [5, 5.41) is 6.88. The fourth-order valence-electron chi connectivity index (χ4n) is 4.44. The van der Waals surface area contributed by atoms with E-state index in [4.69, 9.17) is 4.99 Å². The summed E-state index contributed by atoms with van der Waals surface area (Å²) in [6, 6.07) is 8.43. The molecule has 0 spiro atoms. The first kappa shape index (κ1) is 28.7. The summed E-state index contributed by atoms with van der Waals surface area (Å²) in [5.41, 5.74) is 1.89. The normalized spacial score (nSPS) is 15.4. The highest BCUT2D eigenvalue weighted by molar-refractivity contribution is 14.0. The minimum Gasteiger partial charge on any atom is -0.357 e. The molecule has 1 saturated heterocycles. The number of nitrogens with one attached hydrogen (secondary N) is 2. The van der Waals surface area contributed by atoms with Crippen molar-refractivity contribution in [3.8, 4) is 0 Å². The molecule has 0 bridgehead atoms. The van der Waals surface area contributed by atoms with Crippen LogP contribution in [0.25, 0.3) is 0 Å². The highest BCUT2D eigenvalue weighted by atomic mass is 127. The Bertz CT molecular complexity index is 697. The summed E-state index contributed by atoms with van der Waals surface area (Å²) >= 11 is 0. The molecule has 0 saturated carbocycles. The van der Waals surface area contributed by atoms with Crippen molar-refractivity contribution in [2.75, 3.05) is 46.8 Å². The number of halogens is 1. The molecule has 0 aromatic heterocycles. The average Bonchev–Trinajstić information content (AvgIpc) is 3.30. The second kappa shape index (κ2) is 15.5. The lowest BCUT2D eigenvalue weighted by Crippen LogP contribution is -2.43. The summed E-state index contributed by atoms with van der Waals surface area (Å²) in [7, 11) is 3.57. The monoisotopic (exact) mass is 557 g/mol. The van der Waals surface area contributed by atoms with Gasteiger partial charge in [0.05, 0.1) is 6.54 Å². The first-order valence-corrected chi connectivity index (χ1v) is 12.1. The Morgan fingerprint density at radius 1 is 1.12 bits per heavy atom. The number of nitrogens with zero attached hydrogens (tertiary/aromatic N) is 3. The lowest BCUT2D eigenvalue weighted by molar-refractivity contribution is 0.0827. The van der Waals surface area contributed by atoms with Gasteiger partial charge < -0.3 is 15.5 Å². The van der Waals surface area contributed by atoms with Gasteiger partial charge in [-0.25, -0.2) is 0 Å². The van der Waals surface area contributed by atoms with Crippen LogP contribution in [0.5, 0.6) is 0 Å². The van der Waals surface area contributed by atoms with Crippen LogP contribution in [0.4, 0.5) is 0 Å². The van der Waals surface area contributed by atoms with Crippen LogP contribution in [0.3, 0.4) is 0 Å². The van der Waals surface area contributed by atoms with E-state index in [1.807, 2.05) is 18.2 Å². The second-order valence-corrected chi connectivity index (χ2v) is 8.68. The molecule has 1 aromatic rings. The number of hydrogen-bond acceptors (Lipinski definition) is 3. The quantitative estimate of drug-likeness (QED) is 0.245. The van der Waals surface area contributed by atoms with Gasteiger partial charge in [-0.1, -0.05) is 38.8 Å². The van der Waals surface area contributed by atoms with E-state index in [9.17, 15) is 4.79 Å². The van der Waals surface area contributed by atoms with E-state index in [0.717, 1.165) is 43.1 Å². The van der Waals surface area contributed by atoms with Crippen molar-refractivity contribution < 1.29 is 4.79 Å². The predicted molar refractivity (Wildman–Crippen MR) is 146 cm³/mol. The maximum absolute atomic E-state index is 12.2. The van der Waals surface area contributed by atoms with E-state index >= 15 is 0 Å². The van der Waals surface area contributed by atoms with E-state index in [1.54, 1.807) is 19.0 Å². The van der Waals surface area contributed by atoms with Crippen LogP contribution in [0, 0.1) is 5.92 Å². The molecule has 1 fully saturated rings. The van der Waals surface area contributed by atoms with Crippen LogP contribution in [-0.4, -0.2) is 74.5 Å². The Morgan fingerprint density at radius 3 is 2.41 bits per heavy atom. The zero-order chi connectivity index (χ0) is 22.6. The molecule has 7 heteroatoms. The molecule has 1 aliphatic rings. The molecular weight excluding hydrogens is 513 g/mol. The average molecular weight is 558 g/mol. The Kier molecular flexibility index (Phi) is 13.9. The van der Waals surface area contributed by atoms with E-state index in [0.29, 0.717) is 12.0 Å². The maximum Gasteiger partial charge on any atom is 0.253 e. The Hall–Kier alpha value is -1.35. The highest BCUT2D eigenvalue weighted by Gasteiger charge is 2.27. The van der Waals surface area contributed by atoms with Gasteiger partial charge >= 0.3 is 0 Å². The third-order valence-electron chi connectivity index (χ3n) is 6.27. The Labute approximate surface area is 212 Å². The lowest BCUT2D eigenvalue weighted by Gasteiger charge is -2.32. The van der Waals surface area contributed by atoms with Gasteiger partial charge in [-0.2, -0.15) is 0 Å². The third-order valence-corrected chi connectivity index (χ3v) is 6.27. The van der Waals surface area contributed by atoms with Gasteiger partial charge in [0.15, 0.2) is 5.96 Å². The van der Waals surface area contributed by atoms with Crippen molar-refractivity contribution in [3.63, 3.8) is 0 Å². The summed E-state index contributed by atoms with van der Waals surface area (Å²) in [4.78, 5) is 21.4. The lowest BCUT2D eigenvalue weighted by atomic mass is 9.93. The van der Waals surface area contributed by atoms with Gasteiger partial charge in [-0.05, 0) is 62.9 Å². The van der Waals surface area contributed by atoms with E-state index in [2.05, 4.69) is 42.4 Å². The van der Waals surface area contributed by atoms with Crippen LogP contribution in [-0.2, 0) is 6.42 Å². The number of hydrogen-bond donors (Lipinski definition) is 2. The van der Waals surface area contributed by atoms with Gasteiger partial charge in [-0.15, -0.1) is 24.0 Å². The maximum atomic E-state index is 12.2. The van der Waals surface area contributed by atoms with E-state index in [1.165, 1.54) is 38.8 Å². The molecule has 182 valence electrons. The summed E-state index contributed by atoms with van der Waals surface area (Å²) in [6.07, 6.45) is 5.89. The summed E-state index contributed by atoms with van der Waals surface area (Å²) in [5.74, 6) is 1.62. The molecule has 1 aliphatic heterocycles. The van der Waals surface area contributed by atoms with Crippen molar-refractivity contribution in [2.24, 2.45) is 10.9 Å². The molecule has 1 unspecified atom stereocenters. The SMILES string of the molecule is CCNC(=NCC(C(CC)CC)N1CCCC1)NCCc1cccc(C(=O)N(C)C)c1.I. The third kappa shape index (κ3) is 8.89. The minimum atomic E-state index is 0. The number of likely N-dealkylation sites (tertiary alicyclic amines) is 1. The largest absolute Gasteiger partial charge is 0.357 e. The van der Waals surface area contributed by atoms with E-state index in [-0.39, 0.29) is 29.9 Å². The smallest absolute Gasteiger partial charge is 0.253 e. The van der Waals surface area contributed by atoms with Gasteiger partial charge in [0.1, 0.15) is 0 Å². The molecule has 0 aliphatic carbocycles. The standard InChI is InChI=1S/C25H43N5O.HI/c1-6-21(7-2)23(30-16-9-10-17-30)19-28-25(26-8-3)27-15-14-20-12-11-13-22(18-20)24(31)29(4)5;/h11-13,18,21,23H,6-10,14-17,19H2,1-5H3,(H2,26,27,28);1H. The highest BCUT2D eigenvalue weighted by Crippen LogP contribution is 2.23. The number of rotatable bonds is 11. The molecule has 2 N–H and O–H groups in total. The van der Waals surface area contributed by atoms with Gasteiger partial charge in [0.25, 0.3) is 5.91 Å².